The molecule has 1 unspecified atom stereocenters. The lowest BCUT2D eigenvalue weighted by atomic mass is 10.1. The van der Waals surface area contributed by atoms with Gasteiger partial charge in [-0.3, -0.25) is 0 Å². The van der Waals surface area contributed by atoms with Gasteiger partial charge in [0.25, 0.3) is 0 Å². The Labute approximate surface area is 104 Å². The number of aromatic nitrogens is 2. The highest BCUT2D eigenvalue weighted by atomic mass is 15.1. The molecule has 0 amide bonds. The molecule has 0 aliphatic heterocycles. The summed E-state index contributed by atoms with van der Waals surface area (Å²) >= 11 is 0. The van der Waals surface area contributed by atoms with Crippen LogP contribution in [0.2, 0.25) is 0 Å². The van der Waals surface area contributed by atoms with Crippen molar-refractivity contribution in [3.05, 3.63) is 11.9 Å². The summed E-state index contributed by atoms with van der Waals surface area (Å²) in [7, 11) is 1.88. The lowest BCUT2D eigenvalue weighted by molar-refractivity contribution is 0.619. The molecule has 17 heavy (non-hydrogen) atoms. The lowest BCUT2D eigenvalue weighted by Gasteiger charge is -2.17. The fourth-order valence-electron chi connectivity index (χ4n) is 1.79. The van der Waals surface area contributed by atoms with Gasteiger partial charge in [0.05, 0.1) is 0 Å². The topological polar surface area (TPSA) is 49.8 Å². The van der Waals surface area contributed by atoms with E-state index in [1.165, 1.54) is 12.8 Å². The fraction of sp³-hybridized carbons (Fsp3) is 0.692. The average molecular weight is 236 g/mol. The minimum atomic E-state index is 0.504. The summed E-state index contributed by atoms with van der Waals surface area (Å²) in [6.45, 7) is 6.48. The SMILES string of the molecule is CCCC(CC)Nc1cc(NC)nc(CC)n1. The van der Waals surface area contributed by atoms with Crippen LogP contribution in [0.4, 0.5) is 11.6 Å². The molecule has 0 radical (unpaired) electrons. The number of nitrogens with zero attached hydrogens (tertiary/aromatic N) is 2. The monoisotopic (exact) mass is 236 g/mol. The quantitative estimate of drug-likeness (QED) is 0.764. The molecule has 1 aromatic rings. The molecule has 0 spiro atoms. The average Bonchev–Trinajstić information content (AvgIpc) is 2.37. The van der Waals surface area contributed by atoms with E-state index in [0.29, 0.717) is 6.04 Å². The summed E-state index contributed by atoms with van der Waals surface area (Å²) in [6.07, 6.45) is 4.34. The number of hydrogen-bond donors (Lipinski definition) is 2. The van der Waals surface area contributed by atoms with Crippen molar-refractivity contribution < 1.29 is 0 Å². The van der Waals surface area contributed by atoms with Crippen LogP contribution in [0, 0.1) is 0 Å². The Balaban J connectivity index is 2.81. The van der Waals surface area contributed by atoms with Gasteiger partial charge in [-0.25, -0.2) is 9.97 Å². The molecular formula is C13H24N4. The Morgan fingerprint density at radius 2 is 1.88 bits per heavy atom. The normalized spacial score (nSPS) is 12.2. The number of nitrogens with one attached hydrogen (secondary N) is 2. The maximum atomic E-state index is 4.51. The van der Waals surface area contributed by atoms with Crippen LogP contribution < -0.4 is 10.6 Å². The molecule has 0 aliphatic carbocycles. The largest absolute Gasteiger partial charge is 0.373 e. The summed E-state index contributed by atoms with van der Waals surface area (Å²) in [4.78, 5) is 8.89. The van der Waals surface area contributed by atoms with E-state index >= 15 is 0 Å². The molecule has 0 fully saturated rings. The minimum Gasteiger partial charge on any atom is -0.373 e. The maximum absolute atomic E-state index is 4.51. The van der Waals surface area contributed by atoms with Crippen molar-refractivity contribution in [3.8, 4) is 0 Å². The Bertz CT molecular complexity index is 316. The molecule has 1 aromatic heterocycles. The molecule has 1 heterocycles. The highest BCUT2D eigenvalue weighted by Crippen LogP contribution is 2.15. The maximum Gasteiger partial charge on any atom is 0.132 e. The molecule has 1 atom stereocenters. The van der Waals surface area contributed by atoms with Crippen molar-refractivity contribution in [2.75, 3.05) is 17.7 Å². The Morgan fingerprint density at radius 3 is 2.41 bits per heavy atom. The fourth-order valence-corrected chi connectivity index (χ4v) is 1.79. The molecule has 0 saturated heterocycles. The van der Waals surface area contributed by atoms with E-state index in [2.05, 4.69) is 41.4 Å². The van der Waals surface area contributed by atoms with E-state index < -0.39 is 0 Å². The van der Waals surface area contributed by atoms with Crippen molar-refractivity contribution in [1.82, 2.24) is 9.97 Å². The molecule has 0 saturated carbocycles. The summed E-state index contributed by atoms with van der Waals surface area (Å²) in [5.41, 5.74) is 0. The standard InChI is InChI=1S/C13H24N4/c1-5-8-10(6-2)15-13-9-12(14-4)16-11(7-3)17-13/h9-10H,5-8H2,1-4H3,(H2,14,15,16,17). The number of anilines is 2. The zero-order chi connectivity index (χ0) is 12.7. The van der Waals surface area contributed by atoms with Gasteiger partial charge in [-0.05, 0) is 12.8 Å². The zero-order valence-corrected chi connectivity index (χ0v) is 11.4. The summed E-state index contributed by atoms with van der Waals surface area (Å²) in [5.74, 6) is 2.69. The first-order valence-electron chi connectivity index (χ1n) is 6.55. The van der Waals surface area contributed by atoms with Gasteiger partial charge in [0.15, 0.2) is 0 Å². The molecule has 0 aromatic carbocycles. The van der Waals surface area contributed by atoms with Gasteiger partial charge in [-0.15, -0.1) is 0 Å². The van der Waals surface area contributed by atoms with E-state index in [4.69, 9.17) is 0 Å². The van der Waals surface area contributed by atoms with Crippen molar-refractivity contribution in [2.24, 2.45) is 0 Å². The molecule has 4 nitrogen and oxygen atoms in total. The first-order chi connectivity index (χ1) is 8.23. The van der Waals surface area contributed by atoms with E-state index in [0.717, 1.165) is 30.3 Å². The second-order valence-corrected chi connectivity index (χ2v) is 4.20. The predicted octanol–water partition coefficient (Wildman–Crippen LogP) is 3.07. The smallest absolute Gasteiger partial charge is 0.132 e. The third-order valence-electron chi connectivity index (χ3n) is 2.83. The number of hydrogen-bond acceptors (Lipinski definition) is 4. The minimum absolute atomic E-state index is 0.504. The Morgan fingerprint density at radius 1 is 1.18 bits per heavy atom. The van der Waals surface area contributed by atoms with Crippen LogP contribution >= 0.6 is 0 Å². The van der Waals surface area contributed by atoms with E-state index in [1.807, 2.05) is 13.1 Å². The lowest BCUT2D eigenvalue weighted by Crippen LogP contribution is -2.19. The molecular weight excluding hydrogens is 212 g/mol. The first kappa shape index (κ1) is 13.7. The molecule has 1 rings (SSSR count). The highest BCUT2D eigenvalue weighted by Gasteiger charge is 2.08. The van der Waals surface area contributed by atoms with Crippen LogP contribution in [0.25, 0.3) is 0 Å². The van der Waals surface area contributed by atoms with E-state index in [-0.39, 0.29) is 0 Å². The van der Waals surface area contributed by atoms with Gasteiger partial charge in [-0.1, -0.05) is 27.2 Å². The van der Waals surface area contributed by atoms with Crippen LogP contribution in [0.15, 0.2) is 6.07 Å². The van der Waals surface area contributed by atoms with Gasteiger partial charge in [0, 0.05) is 25.6 Å². The molecule has 4 heteroatoms. The van der Waals surface area contributed by atoms with Crippen molar-refractivity contribution in [3.63, 3.8) is 0 Å². The van der Waals surface area contributed by atoms with Crippen molar-refractivity contribution in [2.45, 2.75) is 52.5 Å². The van der Waals surface area contributed by atoms with Gasteiger partial charge in [0.2, 0.25) is 0 Å². The van der Waals surface area contributed by atoms with Gasteiger partial charge >= 0.3 is 0 Å². The zero-order valence-electron chi connectivity index (χ0n) is 11.4. The molecule has 2 N–H and O–H groups in total. The van der Waals surface area contributed by atoms with Gasteiger partial charge in [0.1, 0.15) is 17.5 Å². The predicted molar refractivity (Wildman–Crippen MR) is 73.6 cm³/mol. The van der Waals surface area contributed by atoms with Crippen LogP contribution in [0.1, 0.15) is 45.9 Å². The summed E-state index contributed by atoms with van der Waals surface area (Å²) < 4.78 is 0. The molecule has 0 aliphatic rings. The highest BCUT2D eigenvalue weighted by molar-refractivity contribution is 5.47. The van der Waals surface area contributed by atoms with E-state index in [9.17, 15) is 0 Å². The Kier molecular flexibility index (Phi) is 5.73. The van der Waals surface area contributed by atoms with Crippen LogP contribution in [0.5, 0.6) is 0 Å². The van der Waals surface area contributed by atoms with Gasteiger partial charge in [-0.2, -0.15) is 0 Å². The second-order valence-electron chi connectivity index (χ2n) is 4.20. The summed E-state index contributed by atoms with van der Waals surface area (Å²) in [6, 6.07) is 2.47. The van der Waals surface area contributed by atoms with Crippen LogP contribution in [-0.4, -0.2) is 23.1 Å². The third kappa shape index (κ3) is 4.21. The Hall–Kier alpha value is -1.32. The van der Waals surface area contributed by atoms with Crippen LogP contribution in [-0.2, 0) is 6.42 Å². The van der Waals surface area contributed by atoms with Crippen molar-refractivity contribution in [1.29, 1.82) is 0 Å². The molecule has 96 valence electrons. The number of aryl methyl sites for hydroxylation is 1. The summed E-state index contributed by atoms with van der Waals surface area (Å²) in [5, 5.41) is 6.56. The van der Waals surface area contributed by atoms with Gasteiger partial charge < -0.3 is 10.6 Å². The van der Waals surface area contributed by atoms with Crippen LogP contribution in [0.3, 0.4) is 0 Å². The first-order valence-corrected chi connectivity index (χ1v) is 6.55. The number of rotatable bonds is 7. The second kappa shape index (κ2) is 7.09. The van der Waals surface area contributed by atoms with Crippen molar-refractivity contribution >= 4 is 11.6 Å². The van der Waals surface area contributed by atoms with E-state index in [1.54, 1.807) is 0 Å². The third-order valence-corrected chi connectivity index (χ3v) is 2.83. The molecule has 0 bridgehead atoms.